The van der Waals surface area contributed by atoms with Crippen LogP contribution in [0, 0.1) is 0 Å². The zero-order chi connectivity index (χ0) is 11.1. The van der Waals surface area contributed by atoms with Crippen LogP contribution in [0.15, 0.2) is 4.99 Å². The first-order chi connectivity index (χ1) is 7.20. The Hall–Kier alpha value is -1.30. The number of hydrogen-bond donors (Lipinski definition) is 2. The van der Waals surface area contributed by atoms with Gasteiger partial charge in [-0.2, -0.15) is 0 Å². The van der Waals surface area contributed by atoms with Crippen molar-refractivity contribution in [2.24, 2.45) is 16.5 Å². The van der Waals surface area contributed by atoms with Crippen LogP contribution in [-0.2, 0) is 9.53 Å². The van der Waals surface area contributed by atoms with Gasteiger partial charge in [-0.1, -0.05) is 0 Å². The van der Waals surface area contributed by atoms with Crippen LogP contribution in [-0.4, -0.2) is 49.6 Å². The SMILES string of the molecule is NC(N)=NCCCC(=O)N1CCOCC1. The van der Waals surface area contributed by atoms with Crippen LogP contribution < -0.4 is 11.5 Å². The Morgan fingerprint density at radius 3 is 2.60 bits per heavy atom. The topological polar surface area (TPSA) is 93.9 Å². The van der Waals surface area contributed by atoms with Crippen molar-refractivity contribution in [3.63, 3.8) is 0 Å². The lowest BCUT2D eigenvalue weighted by molar-refractivity contribution is -0.135. The second kappa shape index (κ2) is 6.23. The van der Waals surface area contributed by atoms with Gasteiger partial charge in [-0.05, 0) is 6.42 Å². The van der Waals surface area contributed by atoms with Gasteiger partial charge in [0.2, 0.25) is 5.91 Å². The zero-order valence-electron chi connectivity index (χ0n) is 8.82. The highest BCUT2D eigenvalue weighted by Gasteiger charge is 2.15. The maximum absolute atomic E-state index is 11.6. The number of aliphatic imine (C=N–C) groups is 1. The molecule has 1 amide bonds. The quantitative estimate of drug-likeness (QED) is 0.353. The van der Waals surface area contributed by atoms with E-state index < -0.39 is 0 Å². The first kappa shape index (κ1) is 11.8. The summed E-state index contributed by atoms with van der Waals surface area (Å²) >= 11 is 0. The van der Waals surface area contributed by atoms with Gasteiger partial charge in [-0.3, -0.25) is 9.79 Å². The monoisotopic (exact) mass is 214 g/mol. The molecule has 4 N–H and O–H groups in total. The third-order valence-electron chi connectivity index (χ3n) is 2.21. The molecule has 1 heterocycles. The molecule has 0 unspecified atom stereocenters. The smallest absolute Gasteiger partial charge is 0.222 e. The van der Waals surface area contributed by atoms with Crippen molar-refractivity contribution in [3.8, 4) is 0 Å². The van der Waals surface area contributed by atoms with Crippen molar-refractivity contribution in [1.82, 2.24) is 4.90 Å². The number of rotatable bonds is 4. The van der Waals surface area contributed by atoms with Crippen LogP contribution in [0.25, 0.3) is 0 Å². The molecule has 86 valence electrons. The summed E-state index contributed by atoms with van der Waals surface area (Å²) in [7, 11) is 0. The van der Waals surface area contributed by atoms with Gasteiger partial charge in [0.05, 0.1) is 13.2 Å². The summed E-state index contributed by atoms with van der Waals surface area (Å²) in [6.07, 6.45) is 1.19. The Morgan fingerprint density at radius 1 is 1.33 bits per heavy atom. The Morgan fingerprint density at radius 2 is 2.00 bits per heavy atom. The van der Waals surface area contributed by atoms with Crippen molar-refractivity contribution >= 4 is 11.9 Å². The van der Waals surface area contributed by atoms with Crippen molar-refractivity contribution in [2.45, 2.75) is 12.8 Å². The lowest BCUT2D eigenvalue weighted by Gasteiger charge is -2.26. The summed E-state index contributed by atoms with van der Waals surface area (Å²) in [4.78, 5) is 17.2. The molecule has 1 aliphatic heterocycles. The number of hydrogen-bond acceptors (Lipinski definition) is 3. The molecule has 0 bridgehead atoms. The predicted molar refractivity (Wildman–Crippen MR) is 57.3 cm³/mol. The van der Waals surface area contributed by atoms with Crippen molar-refractivity contribution < 1.29 is 9.53 Å². The molecule has 1 fully saturated rings. The number of nitrogens with zero attached hydrogens (tertiary/aromatic N) is 2. The van der Waals surface area contributed by atoms with E-state index in [1.54, 1.807) is 0 Å². The molecule has 0 aliphatic carbocycles. The lowest BCUT2D eigenvalue weighted by Crippen LogP contribution is -2.40. The molecule has 15 heavy (non-hydrogen) atoms. The average molecular weight is 214 g/mol. The normalized spacial score (nSPS) is 16.1. The van der Waals surface area contributed by atoms with Crippen LogP contribution in [0.2, 0.25) is 0 Å². The van der Waals surface area contributed by atoms with Gasteiger partial charge in [0, 0.05) is 26.1 Å². The number of carbonyl (C=O) groups is 1. The van der Waals surface area contributed by atoms with Crippen LogP contribution >= 0.6 is 0 Å². The molecule has 0 atom stereocenters. The molecule has 0 saturated carbocycles. The minimum Gasteiger partial charge on any atom is -0.378 e. The fraction of sp³-hybridized carbons (Fsp3) is 0.778. The third kappa shape index (κ3) is 4.64. The minimum absolute atomic E-state index is 0.0776. The van der Waals surface area contributed by atoms with E-state index in [9.17, 15) is 4.79 Å². The molecule has 1 rings (SSSR count). The number of morpholine rings is 1. The Bertz CT molecular complexity index is 232. The van der Waals surface area contributed by atoms with Gasteiger partial charge >= 0.3 is 0 Å². The van der Waals surface area contributed by atoms with Gasteiger partial charge in [-0.25, -0.2) is 0 Å². The van der Waals surface area contributed by atoms with Crippen molar-refractivity contribution in [2.75, 3.05) is 32.8 Å². The second-order valence-electron chi connectivity index (χ2n) is 3.40. The molecule has 0 aromatic rings. The summed E-state index contributed by atoms with van der Waals surface area (Å²) in [5.74, 6) is 0.234. The molecule has 1 saturated heterocycles. The summed E-state index contributed by atoms with van der Waals surface area (Å²) < 4.78 is 5.16. The fourth-order valence-electron chi connectivity index (χ4n) is 1.41. The highest BCUT2D eigenvalue weighted by Crippen LogP contribution is 2.02. The maximum atomic E-state index is 11.6. The zero-order valence-corrected chi connectivity index (χ0v) is 8.82. The average Bonchev–Trinajstić information content (AvgIpc) is 2.25. The van der Waals surface area contributed by atoms with E-state index in [0.29, 0.717) is 45.7 Å². The molecule has 0 aromatic heterocycles. The van der Waals surface area contributed by atoms with Gasteiger partial charge in [0.25, 0.3) is 0 Å². The number of nitrogens with two attached hydrogens (primary N) is 2. The van der Waals surface area contributed by atoms with E-state index in [-0.39, 0.29) is 11.9 Å². The molecule has 1 aliphatic rings. The molecule has 0 spiro atoms. The number of guanidine groups is 1. The summed E-state index contributed by atoms with van der Waals surface area (Å²) in [5, 5.41) is 0. The Labute approximate surface area is 89.3 Å². The summed E-state index contributed by atoms with van der Waals surface area (Å²) in [5.41, 5.74) is 10.3. The van der Waals surface area contributed by atoms with E-state index in [1.165, 1.54) is 0 Å². The second-order valence-corrected chi connectivity index (χ2v) is 3.40. The van der Waals surface area contributed by atoms with E-state index in [4.69, 9.17) is 16.2 Å². The number of ether oxygens (including phenoxy) is 1. The van der Waals surface area contributed by atoms with Crippen LogP contribution in [0.1, 0.15) is 12.8 Å². The van der Waals surface area contributed by atoms with Gasteiger partial charge < -0.3 is 21.1 Å². The van der Waals surface area contributed by atoms with E-state index >= 15 is 0 Å². The van der Waals surface area contributed by atoms with E-state index in [2.05, 4.69) is 4.99 Å². The molecule has 6 heteroatoms. The molecular weight excluding hydrogens is 196 g/mol. The molecular formula is C9H18N4O2. The first-order valence-electron chi connectivity index (χ1n) is 5.11. The third-order valence-corrected chi connectivity index (χ3v) is 2.21. The van der Waals surface area contributed by atoms with Crippen molar-refractivity contribution in [3.05, 3.63) is 0 Å². The van der Waals surface area contributed by atoms with E-state index in [0.717, 1.165) is 0 Å². The first-order valence-corrected chi connectivity index (χ1v) is 5.11. The number of carbonyl (C=O) groups excluding carboxylic acids is 1. The highest BCUT2D eigenvalue weighted by atomic mass is 16.5. The summed E-state index contributed by atoms with van der Waals surface area (Å²) in [6.45, 7) is 3.18. The molecule has 0 aromatic carbocycles. The van der Waals surface area contributed by atoms with E-state index in [1.807, 2.05) is 4.90 Å². The predicted octanol–water partition coefficient (Wildman–Crippen LogP) is -1.10. The maximum Gasteiger partial charge on any atom is 0.222 e. The Kier molecular flexibility index (Phi) is 4.89. The van der Waals surface area contributed by atoms with Crippen LogP contribution in [0.4, 0.5) is 0 Å². The van der Waals surface area contributed by atoms with Gasteiger partial charge in [0.15, 0.2) is 5.96 Å². The standard InChI is InChI=1S/C9H18N4O2/c10-9(11)12-3-1-2-8(14)13-4-6-15-7-5-13/h1-7H2,(H4,10,11,12). The molecule has 0 radical (unpaired) electrons. The fourth-order valence-corrected chi connectivity index (χ4v) is 1.41. The highest BCUT2D eigenvalue weighted by molar-refractivity contribution is 5.77. The lowest BCUT2D eigenvalue weighted by atomic mass is 10.2. The number of amides is 1. The minimum atomic E-state index is 0.0776. The molecule has 6 nitrogen and oxygen atoms in total. The largest absolute Gasteiger partial charge is 0.378 e. The van der Waals surface area contributed by atoms with Crippen LogP contribution in [0.3, 0.4) is 0 Å². The Balaban J connectivity index is 2.15. The van der Waals surface area contributed by atoms with Crippen LogP contribution in [0.5, 0.6) is 0 Å². The van der Waals surface area contributed by atoms with Crippen molar-refractivity contribution in [1.29, 1.82) is 0 Å². The van der Waals surface area contributed by atoms with Gasteiger partial charge in [0.1, 0.15) is 0 Å². The summed E-state index contributed by atoms with van der Waals surface area (Å²) in [6, 6.07) is 0. The van der Waals surface area contributed by atoms with Gasteiger partial charge in [-0.15, -0.1) is 0 Å².